The Labute approximate surface area is 102 Å². The monoisotopic (exact) mass is 233 g/mol. The fourth-order valence-electron chi connectivity index (χ4n) is 2.30. The average molecular weight is 233 g/mol. The van der Waals surface area contributed by atoms with Crippen molar-refractivity contribution in [1.29, 1.82) is 5.41 Å². The van der Waals surface area contributed by atoms with E-state index in [9.17, 15) is 0 Å². The second kappa shape index (κ2) is 4.75. The second-order valence-corrected chi connectivity index (χ2v) is 4.51. The van der Waals surface area contributed by atoms with Gasteiger partial charge in [-0.3, -0.25) is 5.41 Å². The van der Waals surface area contributed by atoms with Crippen molar-refractivity contribution in [1.82, 2.24) is 0 Å². The number of nitrogens with two attached hydrogens (primary N) is 1. The predicted molar refractivity (Wildman–Crippen MR) is 69.8 cm³/mol. The summed E-state index contributed by atoms with van der Waals surface area (Å²) in [5, 5.41) is 7.46. The van der Waals surface area contributed by atoms with Gasteiger partial charge in [0, 0.05) is 31.5 Å². The van der Waals surface area contributed by atoms with E-state index in [1.807, 2.05) is 19.1 Å². The second-order valence-electron chi connectivity index (χ2n) is 4.51. The third-order valence-corrected chi connectivity index (χ3v) is 3.34. The molecule has 1 aliphatic heterocycles. The van der Waals surface area contributed by atoms with Crippen LogP contribution in [0.3, 0.4) is 0 Å². The van der Waals surface area contributed by atoms with Crippen LogP contribution >= 0.6 is 0 Å². The van der Waals surface area contributed by atoms with Crippen LogP contribution in [0.25, 0.3) is 0 Å². The summed E-state index contributed by atoms with van der Waals surface area (Å²) in [6.45, 7) is 3.96. The number of ether oxygens (including phenoxy) is 1. The van der Waals surface area contributed by atoms with E-state index in [0.29, 0.717) is 6.10 Å². The SMILES string of the molecule is COC1CCN(c2ccc(C(=N)N)c(C)c2)C1. The maximum absolute atomic E-state index is 7.46. The Bertz CT molecular complexity index is 431. The molecule has 1 aliphatic rings. The van der Waals surface area contributed by atoms with Crippen LogP contribution in [-0.4, -0.2) is 32.1 Å². The predicted octanol–water partition coefficient (Wildman–Crippen LogP) is 1.50. The van der Waals surface area contributed by atoms with Crippen LogP contribution < -0.4 is 10.6 Å². The molecule has 4 heteroatoms. The van der Waals surface area contributed by atoms with Crippen LogP contribution in [-0.2, 0) is 4.74 Å². The summed E-state index contributed by atoms with van der Waals surface area (Å²) in [6, 6.07) is 6.05. The van der Waals surface area contributed by atoms with E-state index in [4.69, 9.17) is 15.9 Å². The molecule has 0 amide bonds. The third kappa shape index (κ3) is 2.42. The molecule has 0 aromatic heterocycles. The van der Waals surface area contributed by atoms with Crippen molar-refractivity contribution in [3.63, 3.8) is 0 Å². The summed E-state index contributed by atoms with van der Waals surface area (Å²) in [5.74, 6) is 0.130. The van der Waals surface area contributed by atoms with Crippen molar-refractivity contribution in [3.05, 3.63) is 29.3 Å². The first-order valence-electron chi connectivity index (χ1n) is 5.84. The number of aryl methyl sites for hydroxylation is 1. The number of nitrogen functional groups attached to an aromatic ring is 1. The zero-order valence-electron chi connectivity index (χ0n) is 10.4. The summed E-state index contributed by atoms with van der Waals surface area (Å²) < 4.78 is 5.36. The lowest BCUT2D eigenvalue weighted by Gasteiger charge is -2.19. The van der Waals surface area contributed by atoms with Crippen molar-refractivity contribution < 1.29 is 4.74 Å². The fraction of sp³-hybridized carbons (Fsp3) is 0.462. The van der Waals surface area contributed by atoms with E-state index >= 15 is 0 Å². The Morgan fingerprint density at radius 1 is 1.53 bits per heavy atom. The van der Waals surface area contributed by atoms with Gasteiger partial charge in [0.15, 0.2) is 0 Å². The van der Waals surface area contributed by atoms with Crippen LogP contribution in [0, 0.1) is 12.3 Å². The Morgan fingerprint density at radius 3 is 2.82 bits per heavy atom. The van der Waals surface area contributed by atoms with Crippen LogP contribution in [0.4, 0.5) is 5.69 Å². The first-order chi connectivity index (χ1) is 8.11. The fourth-order valence-corrected chi connectivity index (χ4v) is 2.30. The number of rotatable bonds is 3. The molecule has 4 nitrogen and oxygen atoms in total. The van der Waals surface area contributed by atoms with E-state index in [2.05, 4.69) is 11.0 Å². The van der Waals surface area contributed by atoms with Crippen LogP contribution in [0.5, 0.6) is 0 Å². The summed E-state index contributed by atoms with van der Waals surface area (Å²) >= 11 is 0. The minimum absolute atomic E-state index is 0.130. The van der Waals surface area contributed by atoms with E-state index in [1.54, 1.807) is 7.11 Å². The standard InChI is InChI=1S/C13H19N3O/c1-9-7-10(3-4-12(9)13(14)15)16-6-5-11(8-16)17-2/h3-4,7,11H,5-6,8H2,1-2H3,(H3,14,15). The quantitative estimate of drug-likeness (QED) is 0.614. The number of hydrogen-bond donors (Lipinski definition) is 2. The minimum atomic E-state index is 0.130. The number of benzene rings is 1. The van der Waals surface area contributed by atoms with Gasteiger partial charge in [0.25, 0.3) is 0 Å². The van der Waals surface area contributed by atoms with Gasteiger partial charge in [0.2, 0.25) is 0 Å². The van der Waals surface area contributed by atoms with E-state index in [1.165, 1.54) is 5.69 Å². The molecule has 0 spiro atoms. The normalized spacial score (nSPS) is 19.6. The van der Waals surface area contributed by atoms with Gasteiger partial charge < -0.3 is 15.4 Å². The topological polar surface area (TPSA) is 62.3 Å². The van der Waals surface area contributed by atoms with Gasteiger partial charge in [-0.2, -0.15) is 0 Å². The van der Waals surface area contributed by atoms with Crippen molar-refractivity contribution in [2.75, 3.05) is 25.1 Å². The summed E-state index contributed by atoms with van der Waals surface area (Å²) in [7, 11) is 1.76. The lowest BCUT2D eigenvalue weighted by atomic mass is 10.1. The van der Waals surface area contributed by atoms with Crippen LogP contribution in [0.15, 0.2) is 18.2 Å². The number of nitrogens with zero attached hydrogens (tertiary/aromatic N) is 1. The molecule has 92 valence electrons. The Balaban J connectivity index is 2.18. The lowest BCUT2D eigenvalue weighted by molar-refractivity contribution is 0.121. The number of nitrogens with one attached hydrogen (secondary N) is 1. The van der Waals surface area contributed by atoms with Gasteiger partial charge in [0.1, 0.15) is 5.84 Å². The van der Waals surface area contributed by atoms with Gasteiger partial charge in [-0.05, 0) is 37.1 Å². The van der Waals surface area contributed by atoms with Gasteiger partial charge in [-0.15, -0.1) is 0 Å². The molecular formula is C13H19N3O. The molecule has 1 atom stereocenters. The lowest BCUT2D eigenvalue weighted by Crippen LogP contribution is -2.22. The first kappa shape index (κ1) is 11.9. The van der Waals surface area contributed by atoms with E-state index in [0.717, 1.165) is 30.6 Å². The van der Waals surface area contributed by atoms with E-state index < -0.39 is 0 Å². The number of hydrogen-bond acceptors (Lipinski definition) is 3. The highest BCUT2D eigenvalue weighted by molar-refractivity contribution is 5.96. The molecule has 1 fully saturated rings. The highest BCUT2D eigenvalue weighted by atomic mass is 16.5. The van der Waals surface area contributed by atoms with Crippen LogP contribution in [0.1, 0.15) is 17.5 Å². The number of amidine groups is 1. The average Bonchev–Trinajstić information content (AvgIpc) is 2.76. The maximum Gasteiger partial charge on any atom is 0.123 e. The van der Waals surface area contributed by atoms with E-state index in [-0.39, 0.29) is 5.84 Å². The van der Waals surface area contributed by atoms with Crippen molar-refractivity contribution >= 4 is 11.5 Å². The molecular weight excluding hydrogens is 214 g/mol. The van der Waals surface area contributed by atoms with Gasteiger partial charge in [0.05, 0.1) is 6.10 Å². The molecule has 3 N–H and O–H groups in total. The maximum atomic E-state index is 7.46. The van der Waals surface area contributed by atoms with Crippen LogP contribution in [0.2, 0.25) is 0 Å². The minimum Gasteiger partial charge on any atom is -0.384 e. The Hall–Kier alpha value is -1.55. The molecule has 0 bridgehead atoms. The summed E-state index contributed by atoms with van der Waals surface area (Å²) in [5.41, 5.74) is 8.57. The zero-order valence-corrected chi connectivity index (χ0v) is 10.4. The Kier molecular flexibility index (Phi) is 3.33. The highest BCUT2D eigenvalue weighted by Crippen LogP contribution is 2.24. The first-order valence-corrected chi connectivity index (χ1v) is 5.84. The molecule has 0 aliphatic carbocycles. The molecule has 1 unspecified atom stereocenters. The van der Waals surface area contributed by atoms with Gasteiger partial charge >= 0.3 is 0 Å². The number of anilines is 1. The van der Waals surface area contributed by atoms with Crippen molar-refractivity contribution in [2.24, 2.45) is 5.73 Å². The molecule has 0 radical (unpaired) electrons. The van der Waals surface area contributed by atoms with Crippen molar-refractivity contribution in [3.8, 4) is 0 Å². The zero-order chi connectivity index (χ0) is 12.4. The molecule has 17 heavy (non-hydrogen) atoms. The summed E-state index contributed by atoms with van der Waals surface area (Å²) in [6.07, 6.45) is 1.41. The molecule has 2 rings (SSSR count). The van der Waals surface area contributed by atoms with Gasteiger partial charge in [-0.1, -0.05) is 0 Å². The molecule has 1 aromatic rings. The van der Waals surface area contributed by atoms with Crippen molar-refractivity contribution in [2.45, 2.75) is 19.4 Å². The molecule has 0 saturated carbocycles. The van der Waals surface area contributed by atoms with Gasteiger partial charge in [-0.25, -0.2) is 0 Å². The largest absolute Gasteiger partial charge is 0.384 e. The Morgan fingerprint density at radius 2 is 2.29 bits per heavy atom. The third-order valence-electron chi connectivity index (χ3n) is 3.34. The molecule has 1 saturated heterocycles. The number of methoxy groups -OCH3 is 1. The summed E-state index contributed by atoms with van der Waals surface area (Å²) in [4.78, 5) is 2.31. The highest BCUT2D eigenvalue weighted by Gasteiger charge is 2.22. The molecule has 1 aromatic carbocycles. The smallest absolute Gasteiger partial charge is 0.123 e. The molecule has 1 heterocycles.